The van der Waals surface area contributed by atoms with E-state index >= 15 is 0 Å². The summed E-state index contributed by atoms with van der Waals surface area (Å²) >= 11 is 6.27. The summed E-state index contributed by atoms with van der Waals surface area (Å²) in [5, 5.41) is 11.6. The number of likely N-dealkylation sites (tertiary alicyclic amines) is 1. The van der Waals surface area contributed by atoms with E-state index in [0.29, 0.717) is 41.6 Å². The van der Waals surface area contributed by atoms with Crippen molar-refractivity contribution in [2.45, 2.75) is 32.4 Å². The van der Waals surface area contributed by atoms with Gasteiger partial charge in [0.25, 0.3) is 11.7 Å². The lowest BCUT2D eigenvalue weighted by molar-refractivity contribution is -0.140. The van der Waals surface area contributed by atoms with Crippen LogP contribution in [0.3, 0.4) is 0 Å². The molecule has 200 valence electrons. The van der Waals surface area contributed by atoms with Crippen LogP contribution in [-0.4, -0.2) is 69.4 Å². The quantitative estimate of drug-likeness (QED) is 0.193. The molecule has 1 unspecified atom stereocenters. The van der Waals surface area contributed by atoms with E-state index in [4.69, 9.17) is 35.3 Å². The number of carbonyl (C=O) groups excluding carboxylic acids is 2. The third-order valence-electron chi connectivity index (χ3n) is 5.96. The lowest BCUT2D eigenvalue weighted by atomic mass is 9.94. The van der Waals surface area contributed by atoms with E-state index in [9.17, 15) is 14.7 Å². The summed E-state index contributed by atoms with van der Waals surface area (Å²) in [5.74, 6) is -0.445. The Kier molecular flexibility index (Phi) is 9.29. The van der Waals surface area contributed by atoms with Crippen LogP contribution in [0.25, 0.3) is 5.76 Å². The number of hydrogen-bond acceptors (Lipinski definition) is 8. The molecule has 2 aromatic rings. The molecular formula is C27H32ClNO8. The topological polar surface area (TPSA) is 104 Å². The highest BCUT2D eigenvalue weighted by Crippen LogP contribution is 2.46. The molecule has 0 saturated carbocycles. The van der Waals surface area contributed by atoms with E-state index < -0.39 is 17.7 Å². The van der Waals surface area contributed by atoms with Crippen LogP contribution in [0.15, 0.2) is 35.9 Å². The zero-order chi connectivity index (χ0) is 27.3. The average molecular weight is 534 g/mol. The van der Waals surface area contributed by atoms with Gasteiger partial charge in [-0.25, -0.2) is 0 Å². The largest absolute Gasteiger partial charge is 0.507 e. The van der Waals surface area contributed by atoms with Crippen LogP contribution in [-0.2, 0) is 14.3 Å². The zero-order valence-electron chi connectivity index (χ0n) is 21.8. The van der Waals surface area contributed by atoms with Crippen molar-refractivity contribution < 1.29 is 38.4 Å². The van der Waals surface area contributed by atoms with E-state index in [1.54, 1.807) is 24.3 Å². The van der Waals surface area contributed by atoms with Crippen molar-refractivity contribution in [3.63, 3.8) is 0 Å². The second kappa shape index (κ2) is 12.2. The van der Waals surface area contributed by atoms with Crippen molar-refractivity contribution >= 4 is 29.1 Å². The minimum Gasteiger partial charge on any atom is -0.507 e. The molecule has 37 heavy (non-hydrogen) atoms. The summed E-state index contributed by atoms with van der Waals surface area (Å²) in [6, 6.07) is 7.01. The van der Waals surface area contributed by atoms with Crippen molar-refractivity contribution in [2.24, 2.45) is 0 Å². The van der Waals surface area contributed by atoms with Gasteiger partial charge >= 0.3 is 0 Å². The molecule has 1 saturated heterocycles. The first-order chi connectivity index (χ1) is 17.7. The van der Waals surface area contributed by atoms with Gasteiger partial charge < -0.3 is 33.7 Å². The van der Waals surface area contributed by atoms with Gasteiger partial charge in [-0.1, -0.05) is 11.6 Å². The first-order valence-corrected chi connectivity index (χ1v) is 12.1. The fraction of sp³-hybridized carbons (Fsp3) is 0.407. The molecule has 1 heterocycles. The van der Waals surface area contributed by atoms with Crippen LogP contribution < -0.4 is 18.9 Å². The van der Waals surface area contributed by atoms with Gasteiger partial charge in [0.15, 0.2) is 11.5 Å². The number of carbonyl (C=O) groups is 2. The molecular weight excluding hydrogens is 502 g/mol. The smallest absolute Gasteiger partial charge is 0.295 e. The Balaban J connectivity index is 2.19. The second-order valence-corrected chi connectivity index (χ2v) is 8.98. The molecule has 0 aromatic heterocycles. The van der Waals surface area contributed by atoms with Crippen molar-refractivity contribution in [3.05, 3.63) is 52.1 Å². The van der Waals surface area contributed by atoms with Crippen LogP contribution in [0.5, 0.6) is 23.0 Å². The van der Waals surface area contributed by atoms with E-state index in [2.05, 4.69) is 0 Å². The molecule has 10 heteroatoms. The van der Waals surface area contributed by atoms with Crippen molar-refractivity contribution in [2.75, 3.05) is 41.6 Å². The lowest BCUT2D eigenvalue weighted by Gasteiger charge is -2.26. The summed E-state index contributed by atoms with van der Waals surface area (Å²) in [6.45, 7) is 4.46. The maximum Gasteiger partial charge on any atom is 0.295 e. The van der Waals surface area contributed by atoms with Gasteiger partial charge in [-0.05, 0) is 56.2 Å². The number of rotatable bonds is 11. The lowest BCUT2D eigenvalue weighted by Crippen LogP contribution is -2.31. The highest BCUT2D eigenvalue weighted by molar-refractivity contribution is 6.46. The summed E-state index contributed by atoms with van der Waals surface area (Å²) in [5.41, 5.74) is 0.689. The normalized spacial score (nSPS) is 16.9. The molecule has 0 bridgehead atoms. The Morgan fingerprint density at radius 1 is 0.973 bits per heavy atom. The first-order valence-electron chi connectivity index (χ1n) is 11.7. The number of halogens is 1. The number of Topliss-reactive ketones (excluding diaryl/α,β-unsaturated/α-hetero) is 1. The predicted octanol–water partition coefficient (Wildman–Crippen LogP) is 4.61. The molecule has 2 aromatic carbocycles. The molecule has 1 aliphatic rings. The number of amides is 1. The molecule has 1 fully saturated rings. The molecule has 0 aliphatic carbocycles. The van der Waals surface area contributed by atoms with Gasteiger partial charge in [-0.3, -0.25) is 9.59 Å². The summed E-state index contributed by atoms with van der Waals surface area (Å²) in [6.07, 6.45) is 0.515. The average Bonchev–Trinajstić information content (AvgIpc) is 3.14. The third-order valence-corrected chi connectivity index (χ3v) is 6.26. The Bertz CT molecular complexity index is 1170. The van der Waals surface area contributed by atoms with E-state index in [-0.39, 0.29) is 34.6 Å². The molecule has 1 N–H and O–H groups in total. The van der Waals surface area contributed by atoms with Crippen molar-refractivity contribution in [3.8, 4) is 23.0 Å². The van der Waals surface area contributed by atoms with Gasteiger partial charge in [0.2, 0.25) is 5.75 Å². The number of ketones is 1. The summed E-state index contributed by atoms with van der Waals surface area (Å²) in [4.78, 5) is 27.9. The third kappa shape index (κ3) is 5.78. The van der Waals surface area contributed by atoms with E-state index in [1.165, 1.54) is 39.4 Å². The van der Waals surface area contributed by atoms with Crippen molar-refractivity contribution in [1.29, 1.82) is 0 Å². The summed E-state index contributed by atoms with van der Waals surface area (Å²) in [7, 11) is 5.90. The monoisotopic (exact) mass is 533 g/mol. The van der Waals surface area contributed by atoms with Gasteiger partial charge in [0.1, 0.15) is 11.5 Å². The number of aliphatic hydroxyl groups excluding tert-OH is 1. The van der Waals surface area contributed by atoms with Gasteiger partial charge in [0, 0.05) is 18.7 Å². The molecule has 0 radical (unpaired) electrons. The van der Waals surface area contributed by atoms with Crippen LogP contribution in [0.1, 0.15) is 37.4 Å². The Morgan fingerprint density at radius 2 is 1.59 bits per heavy atom. The maximum absolute atomic E-state index is 13.3. The molecule has 9 nitrogen and oxygen atoms in total. The van der Waals surface area contributed by atoms with E-state index in [0.717, 1.165) is 0 Å². The van der Waals surface area contributed by atoms with Crippen LogP contribution >= 0.6 is 11.6 Å². The van der Waals surface area contributed by atoms with Crippen molar-refractivity contribution in [1.82, 2.24) is 4.90 Å². The molecule has 1 atom stereocenters. The Labute approximate surface area is 221 Å². The minimum atomic E-state index is -0.923. The zero-order valence-corrected chi connectivity index (χ0v) is 22.5. The number of aliphatic hydroxyl groups is 1. The summed E-state index contributed by atoms with van der Waals surface area (Å²) < 4.78 is 27.2. The second-order valence-electron chi connectivity index (χ2n) is 8.57. The number of methoxy groups -OCH3 is 4. The number of ether oxygens (including phenoxy) is 5. The number of hydrogen-bond donors (Lipinski definition) is 1. The highest BCUT2D eigenvalue weighted by atomic mass is 35.5. The molecule has 1 amide bonds. The van der Waals surface area contributed by atoms with E-state index in [1.807, 2.05) is 13.8 Å². The van der Waals surface area contributed by atoms with Gasteiger partial charge in [-0.2, -0.15) is 0 Å². The van der Waals surface area contributed by atoms with Gasteiger partial charge in [-0.15, -0.1) is 0 Å². The molecule has 3 rings (SSSR count). The van der Waals surface area contributed by atoms with Crippen LogP contribution in [0.2, 0.25) is 5.02 Å². The first kappa shape index (κ1) is 28.1. The minimum absolute atomic E-state index is 0.0288. The standard InChI is InChI=1S/C27H32ClNO8/c1-15(2)37-11-7-10-29-23(17-13-20(34-4)26(36-6)21(14-17)35-5)22(25(31)27(29)32)24(30)16-8-9-19(33-3)18(28)12-16/h8-9,12-15,23,30H,7,10-11H2,1-6H3/b24-22+. The van der Waals surface area contributed by atoms with Gasteiger partial charge in [0.05, 0.1) is 51.2 Å². The van der Waals surface area contributed by atoms with Crippen LogP contribution in [0.4, 0.5) is 0 Å². The Morgan fingerprint density at radius 3 is 2.11 bits per heavy atom. The Hall–Kier alpha value is -3.43. The highest BCUT2D eigenvalue weighted by Gasteiger charge is 2.46. The predicted molar refractivity (Wildman–Crippen MR) is 139 cm³/mol. The fourth-order valence-electron chi connectivity index (χ4n) is 4.24. The molecule has 0 spiro atoms. The maximum atomic E-state index is 13.3. The fourth-order valence-corrected chi connectivity index (χ4v) is 4.50. The van der Waals surface area contributed by atoms with Crippen LogP contribution in [0, 0.1) is 0 Å². The molecule has 1 aliphatic heterocycles. The number of benzene rings is 2. The number of nitrogens with zero attached hydrogens (tertiary/aromatic N) is 1. The SMILES string of the molecule is COc1ccc(/C(O)=C2\C(=O)C(=O)N(CCCOC(C)C)C2c2cc(OC)c(OC)c(OC)c2)cc1Cl.